The lowest BCUT2D eigenvalue weighted by atomic mass is 9.89. The molecule has 2 heterocycles. The van der Waals surface area contributed by atoms with E-state index in [2.05, 4.69) is 17.0 Å². The summed E-state index contributed by atoms with van der Waals surface area (Å²) in [5.41, 5.74) is 0.722. The van der Waals surface area contributed by atoms with Gasteiger partial charge in [0.1, 0.15) is 17.1 Å². The zero-order valence-electron chi connectivity index (χ0n) is 11.0. The Kier molecular flexibility index (Phi) is 3.73. The lowest BCUT2D eigenvalue weighted by Crippen LogP contribution is -2.47. The largest absolute Gasteiger partial charge is 0.465 e. The van der Waals surface area contributed by atoms with Crippen molar-refractivity contribution in [3.05, 3.63) is 23.2 Å². The van der Waals surface area contributed by atoms with Crippen LogP contribution in [0.25, 0.3) is 0 Å². The lowest BCUT2D eigenvalue weighted by Gasteiger charge is -2.38. The Balaban J connectivity index is 1.88. The van der Waals surface area contributed by atoms with Gasteiger partial charge in [0.25, 0.3) is 0 Å². The first-order chi connectivity index (χ1) is 8.54. The van der Waals surface area contributed by atoms with Crippen molar-refractivity contribution in [2.45, 2.75) is 20.4 Å². The van der Waals surface area contributed by atoms with E-state index < -0.39 is 0 Å². The topological polar surface area (TPSA) is 60.7 Å². The SMILES string of the molecule is COC(=O)c1cc(CNCC2(C)COC2)oc1C. The third kappa shape index (κ3) is 2.73. The molecule has 0 bridgehead atoms. The molecule has 1 aromatic heterocycles. The maximum absolute atomic E-state index is 11.4. The van der Waals surface area contributed by atoms with Gasteiger partial charge in [-0.3, -0.25) is 0 Å². The molecule has 1 aliphatic rings. The molecule has 1 aromatic rings. The van der Waals surface area contributed by atoms with Crippen LogP contribution in [0.3, 0.4) is 0 Å². The zero-order chi connectivity index (χ0) is 13.2. The highest BCUT2D eigenvalue weighted by Gasteiger charge is 2.32. The van der Waals surface area contributed by atoms with E-state index >= 15 is 0 Å². The summed E-state index contributed by atoms with van der Waals surface area (Å²) >= 11 is 0. The van der Waals surface area contributed by atoms with Crippen LogP contribution in [0, 0.1) is 12.3 Å². The summed E-state index contributed by atoms with van der Waals surface area (Å²) in [6.45, 7) is 7.01. The number of ether oxygens (including phenoxy) is 2. The second-order valence-corrected chi connectivity index (χ2v) is 5.08. The Labute approximate surface area is 106 Å². The van der Waals surface area contributed by atoms with Crippen molar-refractivity contribution >= 4 is 5.97 Å². The summed E-state index contributed by atoms with van der Waals surface area (Å²) in [7, 11) is 1.37. The molecular formula is C13H19NO4. The molecule has 1 saturated heterocycles. The smallest absolute Gasteiger partial charge is 0.341 e. The molecule has 1 fully saturated rings. The van der Waals surface area contributed by atoms with Gasteiger partial charge in [0.05, 0.1) is 26.9 Å². The summed E-state index contributed by atoms with van der Waals surface area (Å²) in [5, 5.41) is 3.32. The minimum absolute atomic E-state index is 0.229. The summed E-state index contributed by atoms with van der Waals surface area (Å²) in [6.07, 6.45) is 0. The molecule has 0 atom stereocenters. The first-order valence-electron chi connectivity index (χ1n) is 6.00. The zero-order valence-corrected chi connectivity index (χ0v) is 11.0. The van der Waals surface area contributed by atoms with E-state index in [9.17, 15) is 4.79 Å². The van der Waals surface area contributed by atoms with Crippen LogP contribution in [-0.4, -0.2) is 32.8 Å². The monoisotopic (exact) mass is 253 g/mol. The first kappa shape index (κ1) is 13.1. The molecule has 0 aromatic carbocycles. The highest BCUT2D eigenvalue weighted by molar-refractivity contribution is 5.90. The predicted octanol–water partition coefficient (Wildman–Crippen LogP) is 1.50. The molecule has 5 nitrogen and oxygen atoms in total. The van der Waals surface area contributed by atoms with Gasteiger partial charge in [-0.05, 0) is 13.0 Å². The summed E-state index contributed by atoms with van der Waals surface area (Å²) in [4.78, 5) is 11.4. The van der Waals surface area contributed by atoms with Crippen molar-refractivity contribution in [1.29, 1.82) is 0 Å². The Morgan fingerprint density at radius 3 is 2.83 bits per heavy atom. The normalized spacial score (nSPS) is 17.3. The minimum Gasteiger partial charge on any atom is -0.465 e. The standard InChI is InChI=1S/C13H19NO4/c1-9-11(12(15)16-3)4-10(18-9)5-14-6-13(2)7-17-8-13/h4,14H,5-8H2,1-3H3. The number of esters is 1. The van der Waals surface area contributed by atoms with E-state index in [0.717, 1.165) is 25.5 Å². The molecule has 1 aliphatic heterocycles. The fourth-order valence-corrected chi connectivity index (χ4v) is 1.98. The van der Waals surface area contributed by atoms with Crippen LogP contribution in [0.4, 0.5) is 0 Å². The van der Waals surface area contributed by atoms with Crippen molar-refractivity contribution in [3.8, 4) is 0 Å². The van der Waals surface area contributed by atoms with Crippen LogP contribution in [0.2, 0.25) is 0 Å². The van der Waals surface area contributed by atoms with Gasteiger partial charge in [-0.2, -0.15) is 0 Å². The van der Waals surface area contributed by atoms with E-state index in [1.807, 2.05) is 0 Å². The molecular weight excluding hydrogens is 234 g/mol. The van der Waals surface area contributed by atoms with E-state index in [-0.39, 0.29) is 11.4 Å². The second kappa shape index (κ2) is 5.12. The molecule has 100 valence electrons. The van der Waals surface area contributed by atoms with Crippen molar-refractivity contribution in [2.24, 2.45) is 5.41 Å². The molecule has 5 heteroatoms. The number of carbonyl (C=O) groups is 1. The summed E-state index contributed by atoms with van der Waals surface area (Å²) in [5.74, 6) is 0.982. The van der Waals surface area contributed by atoms with E-state index in [1.165, 1.54) is 7.11 Å². The van der Waals surface area contributed by atoms with Crippen LogP contribution in [0.5, 0.6) is 0 Å². The maximum Gasteiger partial charge on any atom is 0.341 e. The summed E-state index contributed by atoms with van der Waals surface area (Å²) < 4.78 is 15.4. The number of nitrogens with one attached hydrogen (secondary N) is 1. The Bertz CT molecular complexity index is 434. The van der Waals surface area contributed by atoms with Crippen LogP contribution < -0.4 is 5.32 Å². The predicted molar refractivity (Wildman–Crippen MR) is 65.4 cm³/mol. The minimum atomic E-state index is -0.359. The van der Waals surface area contributed by atoms with Crippen LogP contribution in [-0.2, 0) is 16.0 Å². The van der Waals surface area contributed by atoms with Crippen molar-refractivity contribution < 1.29 is 18.7 Å². The van der Waals surface area contributed by atoms with Gasteiger partial charge in [-0.1, -0.05) is 6.92 Å². The van der Waals surface area contributed by atoms with Gasteiger partial charge < -0.3 is 19.2 Å². The number of rotatable bonds is 5. The third-order valence-corrected chi connectivity index (χ3v) is 3.13. The van der Waals surface area contributed by atoms with Crippen molar-refractivity contribution in [2.75, 3.05) is 26.9 Å². The van der Waals surface area contributed by atoms with Gasteiger partial charge in [-0.15, -0.1) is 0 Å². The number of methoxy groups -OCH3 is 1. The highest BCUT2D eigenvalue weighted by atomic mass is 16.5. The average Bonchev–Trinajstić information content (AvgIpc) is 2.67. The van der Waals surface area contributed by atoms with Crippen molar-refractivity contribution in [1.82, 2.24) is 5.32 Å². The van der Waals surface area contributed by atoms with E-state index in [1.54, 1.807) is 13.0 Å². The van der Waals surface area contributed by atoms with E-state index in [0.29, 0.717) is 17.9 Å². The average molecular weight is 253 g/mol. The fraction of sp³-hybridized carbons (Fsp3) is 0.615. The Hall–Kier alpha value is -1.33. The molecule has 18 heavy (non-hydrogen) atoms. The van der Waals surface area contributed by atoms with Gasteiger partial charge in [0.15, 0.2) is 0 Å². The highest BCUT2D eigenvalue weighted by Crippen LogP contribution is 2.25. The molecule has 0 aliphatic carbocycles. The number of aryl methyl sites for hydroxylation is 1. The van der Waals surface area contributed by atoms with Gasteiger partial charge in [-0.25, -0.2) is 4.79 Å². The Morgan fingerprint density at radius 2 is 2.28 bits per heavy atom. The maximum atomic E-state index is 11.4. The van der Waals surface area contributed by atoms with Crippen LogP contribution in [0.15, 0.2) is 10.5 Å². The molecule has 2 rings (SSSR count). The number of hydrogen-bond donors (Lipinski definition) is 1. The van der Waals surface area contributed by atoms with Crippen LogP contribution >= 0.6 is 0 Å². The molecule has 0 unspecified atom stereocenters. The molecule has 0 spiro atoms. The Morgan fingerprint density at radius 1 is 1.56 bits per heavy atom. The number of carbonyl (C=O) groups excluding carboxylic acids is 1. The molecule has 0 saturated carbocycles. The van der Waals surface area contributed by atoms with Gasteiger partial charge in [0.2, 0.25) is 0 Å². The second-order valence-electron chi connectivity index (χ2n) is 5.08. The number of hydrogen-bond acceptors (Lipinski definition) is 5. The van der Waals surface area contributed by atoms with E-state index in [4.69, 9.17) is 9.15 Å². The molecule has 0 radical (unpaired) electrons. The molecule has 0 amide bonds. The number of furan rings is 1. The first-order valence-corrected chi connectivity index (χ1v) is 6.00. The fourth-order valence-electron chi connectivity index (χ4n) is 1.98. The third-order valence-electron chi connectivity index (χ3n) is 3.13. The lowest BCUT2D eigenvalue weighted by molar-refractivity contribution is -0.0992. The van der Waals surface area contributed by atoms with Crippen molar-refractivity contribution in [3.63, 3.8) is 0 Å². The van der Waals surface area contributed by atoms with Crippen LogP contribution in [0.1, 0.15) is 28.8 Å². The molecule has 1 N–H and O–H groups in total. The van der Waals surface area contributed by atoms with Gasteiger partial charge in [0, 0.05) is 12.0 Å². The summed E-state index contributed by atoms with van der Waals surface area (Å²) in [6, 6.07) is 1.73. The quantitative estimate of drug-likeness (QED) is 0.806. The van der Waals surface area contributed by atoms with Gasteiger partial charge >= 0.3 is 5.97 Å².